The van der Waals surface area contributed by atoms with Crippen molar-refractivity contribution in [3.05, 3.63) is 36.5 Å². The molecule has 2 aromatic rings. The highest BCUT2D eigenvalue weighted by molar-refractivity contribution is 7.87. The molecule has 1 heterocycles. The molecule has 0 saturated heterocycles. The van der Waals surface area contributed by atoms with Crippen LogP contribution in [0.2, 0.25) is 0 Å². The van der Waals surface area contributed by atoms with Crippen molar-refractivity contribution in [3.63, 3.8) is 0 Å². The van der Waals surface area contributed by atoms with Gasteiger partial charge in [0.2, 0.25) is 0 Å². The maximum Gasteiger partial charge on any atom is 0.322 e. The van der Waals surface area contributed by atoms with E-state index in [4.69, 9.17) is 4.74 Å². The van der Waals surface area contributed by atoms with Crippen LogP contribution < -0.4 is 4.74 Å². The van der Waals surface area contributed by atoms with Crippen LogP contribution in [0.5, 0.6) is 5.75 Å². The molecule has 2 rings (SSSR count). The van der Waals surface area contributed by atoms with E-state index in [0.717, 1.165) is 8.39 Å². The number of nitrogens with zero attached hydrogens (tertiary/aromatic N) is 3. The van der Waals surface area contributed by atoms with Crippen LogP contribution in [0, 0.1) is 0 Å². The molecule has 0 aliphatic carbocycles. The third kappa shape index (κ3) is 2.34. The predicted octanol–water partition coefficient (Wildman–Crippen LogP) is 1.21. The third-order valence-corrected chi connectivity index (χ3v) is 4.32. The van der Waals surface area contributed by atoms with Crippen LogP contribution in [0.25, 0.3) is 11.3 Å². The zero-order chi connectivity index (χ0) is 14.0. The van der Waals surface area contributed by atoms with Crippen LogP contribution in [-0.2, 0) is 10.2 Å². The van der Waals surface area contributed by atoms with Gasteiger partial charge in [-0.15, -0.1) is 4.09 Å². The summed E-state index contributed by atoms with van der Waals surface area (Å²) in [7, 11) is 0.810. The van der Waals surface area contributed by atoms with Crippen molar-refractivity contribution in [2.75, 3.05) is 21.2 Å². The molecule has 0 radical (unpaired) electrons. The van der Waals surface area contributed by atoms with Crippen LogP contribution in [-0.4, -0.2) is 43.1 Å². The van der Waals surface area contributed by atoms with Gasteiger partial charge in [-0.05, 0) is 18.2 Å². The molecule has 19 heavy (non-hydrogen) atoms. The summed E-state index contributed by atoms with van der Waals surface area (Å²) < 4.78 is 31.7. The Morgan fingerprint density at radius 1 is 1.21 bits per heavy atom. The van der Waals surface area contributed by atoms with Gasteiger partial charge < -0.3 is 4.74 Å². The molecule has 1 aromatic carbocycles. The summed E-state index contributed by atoms with van der Waals surface area (Å²) in [4.78, 5) is 0. The molecule has 0 spiro atoms. The lowest BCUT2D eigenvalue weighted by Crippen LogP contribution is -2.30. The maximum absolute atomic E-state index is 12.2. The molecule has 0 N–H and O–H groups in total. The Morgan fingerprint density at radius 2 is 1.89 bits per heavy atom. The van der Waals surface area contributed by atoms with E-state index in [1.165, 1.54) is 20.3 Å². The molecule has 0 aliphatic heterocycles. The van der Waals surface area contributed by atoms with Gasteiger partial charge >= 0.3 is 10.2 Å². The average molecular weight is 281 g/mol. The van der Waals surface area contributed by atoms with Crippen LogP contribution in [0.3, 0.4) is 0 Å². The van der Waals surface area contributed by atoms with Crippen molar-refractivity contribution in [2.24, 2.45) is 0 Å². The number of hydrogen-bond donors (Lipinski definition) is 0. The molecule has 1 aromatic heterocycles. The Morgan fingerprint density at radius 3 is 2.53 bits per heavy atom. The Labute approximate surface area is 112 Å². The highest BCUT2D eigenvalue weighted by Gasteiger charge is 2.22. The summed E-state index contributed by atoms with van der Waals surface area (Å²) in [5, 5.41) is 3.89. The number of benzene rings is 1. The van der Waals surface area contributed by atoms with E-state index in [2.05, 4.69) is 5.10 Å². The number of para-hydroxylation sites is 1. The second kappa shape index (κ2) is 5.02. The van der Waals surface area contributed by atoms with Crippen molar-refractivity contribution in [3.8, 4) is 17.0 Å². The van der Waals surface area contributed by atoms with Gasteiger partial charge in [-0.1, -0.05) is 12.1 Å². The molecular weight excluding hydrogens is 266 g/mol. The fraction of sp³-hybridized carbons (Fsp3) is 0.250. The predicted molar refractivity (Wildman–Crippen MR) is 72.2 cm³/mol. The zero-order valence-corrected chi connectivity index (χ0v) is 11.8. The van der Waals surface area contributed by atoms with Gasteiger partial charge in [0.1, 0.15) is 5.75 Å². The van der Waals surface area contributed by atoms with Crippen LogP contribution in [0.15, 0.2) is 36.5 Å². The van der Waals surface area contributed by atoms with Gasteiger partial charge in [0, 0.05) is 19.7 Å². The van der Waals surface area contributed by atoms with Crippen molar-refractivity contribution >= 4 is 10.2 Å². The first-order chi connectivity index (χ1) is 8.98. The number of hydrogen-bond acceptors (Lipinski definition) is 4. The van der Waals surface area contributed by atoms with Gasteiger partial charge in [-0.25, -0.2) is 0 Å². The van der Waals surface area contributed by atoms with Crippen molar-refractivity contribution < 1.29 is 13.2 Å². The lowest BCUT2D eigenvalue weighted by atomic mass is 10.1. The van der Waals surface area contributed by atoms with E-state index in [1.807, 2.05) is 12.1 Å². The second-order valence-corrected chi connectivity index (χ2v) is 6.02. The summed E-state index contributed by atoms with van der Waals surface area (Å²) in [5.41, 5.74) is 1.14. The minimum Gasteiger partial charge on any atom is -0.496 e. The molecule has 0 unspecified atom stereocenters. The SMILES string of the molecule is COc1ccccc1-c1ccnn1S(=O)(=O)N(C)C. The molecule has 7 heteroatoms. The van der Waals surface area contributed by atoms with Gasteiger partial charge in [0.15, 0.2) is 0 Å². The van der Waals surface area contributed by atoms with Gasteiger partial charge in [0.05, 0.1) is 19.0 Å². The van der Waals surface area contributed by atoms with Crippen LogP contribution in [0.1, 0.15) is 0 Å². The average Bonchev–Trinajstić information content (AvgIpc) is 2.88. The lowest BCUT2D eigenvalue weighted by molar-refractivity contribution is 0.416. The van der Waals surface area contributed by atoms with Crippen molar-refractivity contribution in [1.29, 1.82) is 0 Å². The monoisotopic (exact) mass is 281 g/mol. The van der Waals surface area contributed by atoms with E-state index in [0.29, 0.717) is 17.0 Å². The van der Waals surface area contributed by atoms with E-state index >= 15 is 0 Å². The van der Waals surface area contributed by atoms with Gasteiger partial charge in [-0.2, -0.15) is 17.8 Å². The van der Waals surface area contributed by atoms with Gasteiger partial charge in [0.25, 0.3) is 0 Å². The molecule has 0 bridgehead atoms. The molecule has 102 valence electrons. The third-order valence-electron chi connectivity index (χ3n) is 2.67. The highest BCUT2D eigenvalue weighted by Crippen LogP contribution is 2.30. The Balaban J connectivity index is 2.64. The standard InChI is InChI=1S/C12H15N3O3S/c1-14(2)19(16,17)15-11(8-9-13-15)10-6-4-5-7-12(10)18-3/h4-9H,1-3H3. The Bertz CT molecular complexity index is 677. The molecule has 0 atom stereocenters. The lowest BCUT2D eigenvalue weighted by Gasteiger charge is -2.15. The molecule has 0 fully saturated rings. The summed E-state index contributed by atoms with van der Waals surface area (Å²) in [6, 6.07) is 8.84. The number of rotatable bonds is 4. The normalized spacial score (nSPS) is 11.8. The van der Waals surface area contributed by atoms with E-state index in [1.54, 1.807) is 25.3 Å². The maximum atomic E-state index is 12.2. The van der Waals surface area contributed by atoms with Crippen molar-refractivity contribution in [2.45, 2.75) is 0 Å². The van der Waals surface area contributed by atoms with Gasteiger partial charge in [-0.3, -0.25) is 0 Å². The molecule has 0 saturated carbocycles. The fourth-order valence-corrected chi connectivity index (χ4v) is 2.57. The molecule has 6 nitrogen and oxygen atoms in total. The second-order valence-electron chi connectivity index (χ2n) is 4.05. The Kier molecular flexibility index (Phi) is 3.59. The Hall–Kier alpha value is -1.86. The van der Waals surface area contributed by atoms with E-state index < -0.39 is 10.2 Å². The summed E-state index contributed by atoms with van der Waals surface area (Å²) in [6.45, 7) is 0. The number of methoxy groups -OCH3 is 1. The quantitative estimate of drug-likeness (QED) is 0.845. The zero-order valence-electron chi connectivity index (χ0n) is 10.9. The number of aromatic nitrogens is 2. The first kappa shape index (κ1) is 13.6. The largest absolute Gasteiger partial charge is 0.496 e. The minimum atomic E-state index is -3.65. The first-order valence-corrected chi connectivity index (χ1v) is 6.98. The molecular formula is C12H15N3O3S. The molecule has 0 amide bonds. The summed E-state index contributed by atoms with van der Waals surface area (Å²) in [6.07, 6.45) is 1.45. The van der Waals surface area contributed by atoms with Crippen LogP contribution >= 0.6 is 0 Å². The molecule has 0 aliphatic rings. The van der Waals surface area contributed by atoms with E-state index in [-0.39, 0.29) is 0 Å². The minimum absolute atomic E-state index is 0.464. The topological polar surface area (TPSA) is 64.4 Å². The van der Waals surface area contributed by atoms with Crippen LogP contribution in [0.4, 0.5) is 0 Å². The smallest absolute Gasteiger partial charge is 0.322 e. The summed E-state index contributed by atoms with van der Waals surface area (Å²) >= 11 is 0. The summed E-state index contributed by atoms with van der Waals surface area (Å²) in [5.74, 6) is 0.596. The fourth-order valence-electron chi connectivity index (χ4n) is 1.68. The highest BCUT2D eigenvalue weighted by atomic mass is 32.2. The first-order valence-electron chi connectivity index (χ1n) is 5.59. The van der Waals surface area contributed by atoms with E-state index in [9.17, 15) is 8.42 Å². The van der Waals surface area contributed by atoms with Crippen molar-refractivity contribution in [1.82, 2.24) is 13.5 Å². The number of ether oxygens (including phenoxy) is 1.